The Morgan fingerprint density at radius 1 is 1.04 bits per heavy atom. The summed E-state index contributed by atoms with van der Waals surface area (Å²) >= 11 is 4.00. The van der Waals surface area contributed by atoms with Crippen LogP contribution in [0.3, 0.4) is 0 Å². The van der Waals surface area contributed by atoms with Crippen LogP contribution in [0.25, 0.3) is 0 Å². The van der Waals surface area contributed by atoms with E-state index in [-0.39, 0.29) is 10.8 Å². The van der Waals surface area contributed by atoms with E-state index in [1.807, 2.05) is 23.5 Å². The van der Waals surface area contributed by atoms with Crippen LogP contribution < -0.4 is 11.6 Å². The molecule has 152 valence electrons. The lowest BCUT2D eigenvalue weighted by molar-refractivity contribution is -0.549. The molecule has 0 saturated carbocycles. The highest BCUT2D eigenvalue weighted by molar-refractivity contribution is 8.00. The van der Waals surface area contributed by atoms with E-state index < -0.39 is 0 Å². The summed E-state index contributed by atoms with van der Waals surface area (Å²) in [5, 5.41) is 11.9. The number of hydrazine groups is 1. The Balaban J connectivity index is 3.70. The zero-order chi connectivity index (χ0) is 20.1. The van der Waals surface area contributed by atoms with Crippen LogP contribution in [-0.4, -0.2) is 58.5 Å². The normalized spacial score (nSPS) is 12.8. The highest BCUT2D eigenvalue weighted by atomic mass is 32.2. The maximum absolute atomic E-state index is 7.21. The minimum Gasteiger partial charge on any atom is -0.292 e. The Morgan fingerprint density at radius 2 is 1.58 bits per heavy atom. The molecule has 0 aliphatic carbocycles. The Bertz CT molecular complexity index is 431. The third-order valence-electron chi connectivity index (χ3n) is 4.09. The fourth-order valence-electron chi connectivity index (χ4n) is 2.42. The average Bonchev–Trinajstić information content (AvgIpc) is 2.57. The average molecular weight is 405 g/mol. The first-order chi connectivity index (χ1) is 12.2. The van der Waals surface area contributed by atoms with E-state index in [1.54, 1.807) is 4.68 Å². The van der Waals surface area contributed by atoms with Gasteiger partial charge in [0.05, 0.1) is 0 Å². The van der Waals surface area contributed by atoms with Crippen molar-refractivity contribution in [3.8, 4) is 0 Å². The number of rotatable bonds is 16. The second kappa shape index (κ2) is 13.2. The Hall–Kier alpha value is -0.960. The third kappa shape index (κ3) is 13.3. The third-order valence-corrected chi connectivity index (χ3v) is 6.23. The molecule has 0 fully saturated rings. The van der Waals surface area contributed by atoms with Gasteiger partial charge in [0.2, 0.25) is 0 Å². The summed E-state index contributed by atoms with van der Waals surface area (Å²) in [5.74, 6) is 10.4. The smallest absolute Gasteiger partial charge is 0.252 e. The molecular formula is C17H38N7S2+. The molecule has 0 aliphatic heterocycles. The van der Waals surface area contributed by atoms with Gasteiger partial charge in [-0.3, -0.25) is 17.0 Å². The van der Waals surface area contributed by atoms with Gasteiger partial charge in [-0.05, 0) is 47.7 Å². The Morgan fingerprint density at radius 3 is 2.04 bits per heavy atom. The van der Waals surface area contributed by atoms with Crippen molar-refractivity contribution < 1.29 is 4.68 Å². The summed E-state index contributed by atoms with van der Waals surface area (Å²) in [4.78, 5) is 0. The van der Waals surface area contributed by atoms with E-state index in [1.165, 1.54) is 29.3 Å². The van der Waals surface area contributed by atoms with Crippen molar-refractivity contribution >= 4 is 36.2 Å². The number of nitrogens with two attached hydrogens (primary N) is 2. The predicted octanol–water partition coefficient (Wildman–Crippen LogP) is 3.40. The monoisotopic (exact) mass is 404 g/mol. The molecule has 9 heteroatoms. The lowest BCUT2D eigenvalue weighted by Crippen LogP contribution is -2.34. The van der Waals surface area contributed by atoms with Gasteiger partial charge in [0.25, 0.3) is 6.34 Å². The number of nitrogens with zero attached hydrogens (tertiary/aromatic N) is 3. The summed E-state index contributed by atoms with van der Waals surface area (Å²) in [7, 11) is 0. The maximum Gasteiger partial charge on any atom is 0.252 e. The van der Waals surface area contributed by atoms with E-state index in [2.05, 4.69) is 32.9 Å². The zero-order valence-corrected chi connectivity index (χ0v) is 18.5. The van der Waals surface area contributed by atoms with E-state index in [0.29, 0.717) is 6.54 Å². The summed E-state index contributed by atoms with van der Waals surface area (Å²) in [5.41, 5.74) is 12.7. The van der Waals surface area contributed by atoms with Gasteiger partial charge in [-0.25, -0.2) is 5.01 Å². The first-order valence-corrected chi connectivity index (χ1v) is 11.3. The van der Waals surface area contributed by atoms with Crippen molar-refractivity contribution in [3.05, 3.63) is 0 Å². The molecular weight excluding hydrogens is 366 g/mol. The van der Waals surface area contributed by atoms with Gasteiger partial charge in [0.1, 0.15) is 12.9 Å². The minimum absolute atomic E-state index is 0.0628. The molecule has 0 amide bonds. The van der Waals surface area contributed by atoms with E-state index in [0.717, 1.165) is 37.2 Å². The van der Waals surface area contributed by atoms with Crippen LogP contribution in [-0.2, 0) is 0 Å². The largest absolute Gasteiger partial charge is 0.292 e. The summed E-state index contributed by atoms with van der Waals surface area (Å²) in [6.45, 7) is 10.2. The molecule has 0 unspecified atom stereocenters. The molecule has 0 spiro atoms. The molecule has 6 N–H and O–H groups in total. The summed E-state index contributed by atoms with van der Waals surface area (Å²) < 4.78 is 1.56. The first kappa shape index (κ1) is 25.0. The van der Waals surface area contributed by atoms with Gasteiger partial charge in [0, 0.05) is 12.0 Å². The predicted molar refractivity (Wildman–Crippen MR) is 116 cm³/mol. The van der Waals surface area contributed by atoms with Crippen molar-refractivity contribution in [2.75, 3.05) is 36.1 Å². The van der Waals surface area contributed by atoms with Gasteiger partial charge in [-0.2, -0.15) is 33.7 Å². The number of nitrogens with one attached hydrogen (secondary N) is 2. The van der Waals surface area contributed by atoms with Gasteiger partial charge in [-0.15, -0.1) is 0 Å². The van der Waals surface area contributed by atoms with Crippen LogP contribution in [0.5, 0.6) is 0 Å². The zero-order valence-electron chi connectivity index (χ0n) is 16.8. The van der Waals surface area contributed by atoms with Gasteiger partial charge in [-0.1, -0.05) is 32.9 Å². The lowest BCUT2D eigenvalue weighted by Gasteiger charge is -2.27. The van der Waals surface area contributed by atoms with Crippen LogP contribution in [0.4, 0.5) is 0 Å². The molecule has 0 saturated heterocycles. The minimum atomic E-state index is 0.0628. The van der Waals surface area contributed by atoms with Crippen LogP contribution in [0.1, 0.15) is 47.0 Å². The molecule has 0 aromatic rings. The summed E-state index contributed by atoms with van der Waals surface area (Å²) in [6.07, 6.45) is 5.96. The van der Waals surface area contributed by atoms with E-state index in [4.69, 9.17) is 22.5 Å². The number of hydrogen-bond acceptors (Lipinski definition) is 6. The second-order valence-corrected chi connectivity index (χ2v) is 10.5. The highest BCUT2D eigenvalue weighted by Gasteiger charge is 2.21. The maximum atomic E-state index is 7.21. The van der Waals surface area contributed by atoms with Crippen molar-refractivity contribution in [1.29, 1.82) is 10.9 Å². The van der Waals surface area contributed by atoms with Crippen molar-refractivity contribution in [2.24, 2.45) is 27.6 Å². The van der Waals surface area contributed by atoms with Crippen LogP contribution in [0.2, 0.25) is 0 Å². The molecule has 0 rings (SSSR count). The van der Waals surface area contributed by atoms with Gasteiger partial charge < -0.3 is 0 Å². The van der Waals surface area contributed by atoms with Crippen LogP contribution >= 0.6 is 23.5 Å². The molecule has 0 radical (unpaired) electrons. The topological polar surface area (TPSA) is 118 Å². The molecule has 0 aliphatic rings. The highest BCUT2D eigenvalue weighted by Crippen LogP contribution is 2.25. The van der Waals surface area contributed by atoms with Crippen molar-refractivity contribution in [3.63, 3.8) is 0 Å². The van der Waals surface area contributed by atoms with Gasteiger partial charge in [0.15, 0.2) is 0 Å². The molecule has 0 aromatic heterocycles. The van der Waals surface area contributed by atoms with Crippen LogP contribution in [0.15, 0.2) is 5.22 Å². The van der Waals surface area contributed by atoms with Crippen molar-refractivity contribution in [2.45, 2.75) is 47.0 Å². The van der Waals surface area contributed by atoms with Crippen LogP contribution in [0, 0.1) is 21.8 Å². The van der Waals surface area contributed by atoms with E-state index in [9.17, 15) is 0 Å². The molecule has 0 atom stereocenters. The standard InChI is InChI=1S/C17H37N7S2/c1-16(2,12-23(21)14-18)6-10-25-8-5-9-26-11-7-17(3,4)13-24(15-19)22-20/h14-15,18-20H,5-13,21H2,1-4H3/p+1. The Labute approximate surface area is 167 Å². The Kier molecular flexibility index (Phi) is 12.8. The fourth-order valence-corrected chi connectivity index (χ4v) is 5.10. The van der Waals surface area contributed by atoms with E-state index >= 15 is 0 Å². The molecule has 7 nitrogen and oxygen atoms in total. The SMILES string of the molecule is CC(C)(CCSCCCSCCC(C)(C)C/[N+](N)=C/N)CN(C=N)N=N. The number of thioether (sulfide) groups is 2. The molecule has 0 aromatic carbocycles. The second-order valence-electron chi connectivity index (χ2n) is 8.05. The lowest BCUT2D eigenvalue weighted by atomic mass is 9.90. The summed E-state index contributed by atoms with van der Waals surface area (Å²) in [6, 6.07) is 0. The fraction of sp³-hybridized carbons (Fsp3) is 0.882. The molecule has 26 heavy (non-hydrogen) atoms. The first-order valence-electron chi connectivity index (χ1n) is 9.02. The quantitative estimate of drug-likeness (QED) is 0.0598. The number of hydrazone groups is 1. The molecule has 0 bridgehead atoms. The number of hydrogen-bond donors (Lipinski definition) is 4. The molecule has 0 heterocycles. The van der Waals surface area contributed by atoms with Crippen molar-refractivity contribution in [1.82, 2.24) is 5.01 Å². The van der Waals surface area contributed by atoms with Gasteiger partial charge >= 0.3 is 0 Å².